The summed E-state index contributed by atoms with van der Waals surface area (Å²) in [5.41, 5.74) is 0. The molecular weight excluding hydrogens is 140 g/mol. The van der Waals surface area contributed by atoms with Crippen LogP contribution in [0.2, 0.25) is 0 Å². The number of rotatable bonds is 2. The molecule has 0 bridgehead atoms. The Balaban J connectivity index is 3.62. The zero-order chi connectivity index (χ0) is 7.33. The molecule has 3 N–H and O–H groups in total. The van der Waals surface area contributed by atoms with E-state index in [0.717, 1.165) is 0 Å². The van der Waals surface area contributed by atoms with Crippen molar-refractivity contribution in [1.82, 2.24) is 4.72 Å². The largest absolute Gasteiger partial charge is 0.275 e. The van der Waals surface area contributed by atoms with Gasteiger partial charge in [-0.25, -0.2) is 5.14 Å². The van der Waals surface area contributed by atoms with Crippen molar-refractivity contribution in [3.63, 3.8) is 0 Å². The van der Waals surface area contributed by atoms with Gasteiger partial charge in [0.2, 0.25) is 0 Å². The second kappa shape index (κ2) is 3.45. The first-order chi connectivity index (χ1) is 4.06. The average Bonchev–Trinajstić information content (AvgIpc) is 1.63. The summed E-state index contributed by atoms with van der Waals surface area (Å²) < 4.78 is 22.2. The lowest BCUT2D eigenvalue weighted by Crippen LogP contribution is -2.30. The molecule has 0 aliphatic carbocycles. The van der Waals surface area contributed by atoms with Crippen molar-refractivity contribution in [3.05, 3.63) is 0 Å². The molecule has 0 spiro atoms. The molecule has 0 radical (unpaired) electrons. The van der Waals surface area contributed by atoms with Gasteiger partial charge in [-0.3, -0.25) is 0 Å². The molecule has 4 nitrogen and oxygen atoms in total. The van der Waals surface area contributed by atoms with Gasteiger partial charge >= 0.3 is 0 Å². The van der Waals surface area contributed by atoms with Crippen molar-refractivity contribution in [2.45, 2.75) is 6.92 Å². The molecule has 0 heterocycles. The molecule has 0 aromatic rings. The lowest BCUT2D eigenvalue weighted by atomic mass is 10.6. The minimum absolute atomic E-state index is 0.0787. The molecule has 0 aliphatic heterocycles. The predicted molar refractivity (Wildman–Crippen MR) is 34.6 cm³/mol. The molecule has 0 atom stereocenters. The molecule has 5 heteroatoms. The van der Waals surface area contributed by atoms with Gasteiger partial charge in [-0.15, -0.1) is 5.92 Å². The van der Waals surface area contributed by atoms with Gasteiger partial charge in [0, 0.05) is 0 Å². The van der Waals surface area contributed by atoms with Crippen molar-refractivity contribution in [2.24, 2.45) is 5.14 Å². The summed E-state index contributed by atoms with van der Waals surface area (Å²) in [7, 11) is -3.55. The maximum atomic E-state index is 10.1. The number of hydrogen-bond acceptors (Lipinski definition) is 2. The number of nitrogens with one attached hydrogen (secondary N) is 1. The van der Waals surface area contributed by atoms with Gasteiger partial charge in [0.25, 0.3) is 10.2 Å². The summed E-state index contributed by atoms with van der Waals surface area (Å²) in [4.78, 5) is 0. The summed E-state index contributed by atoms with van der Waals surface area (Å²) in [5.74, 6) is 4.99. The molecule has 0 aliphatic rings. The van der Waals surface area contributed by atoms with Crippen LogP contribution >= 0.6 is 0 Å². The standard InChI is InChI=1S/C4H8N2O2S/c1-2-3-4-6-9(5,7)8/h6H,4H2,1H3,(H2,5,7,8). The summed E-state index contributed by atoms with van der Waals surface area (Å²) in [6, 6.07) is 0. The van der Waals surface area contributed by atoms with Crippen LogP contribution in [0.4, 0.5) is 0 Å². The van der Waals surface area contributed by atoms with Gasteiger partial charge in [0.05, 0.1) is 6.54 Å². The van der Waals surface area contributed by atoms with E-state index in [4.69, 9.17) is 0 Å². The molecule has 52 valence electrons. The lowest BCUT2D eigenvalue weighted by Gasteiger charge is -1.91. The topological polar surface area (TPSA) is 72.2 Å². The van der Waals surface area contributed by atoms with E-state index < -0.39 is 10.2 Å². The zero-order valence-corrected chi connectivity index (χ0v) is 5.83. The fraction of sp³-hybridized carbons (Fsp3) is 0.500. The van der Waals surface area contributed by atoms with Crippen molar-refractivity contribution >= 4 is 10.2 Å². The maximum Gasteiger partial charge on any atom is 0.275 e. The maximum absolute atomic E-state index is 10.1. The molecule has 0 saturated heterocycles. The minimum atomic E-state index is -3.55. The van der Waals surface area contributed by atoms with E-state index in [1.807, 2.05) is 4.72 Å². The fourth-order valence-corrected chi connectivity index (χ4v) is 0.498. The van der Waals surface area contributed by atoms with Crippen LogP contribution in [0.15, 0.2) is 0 Å². The van der Waals surface area contributed by atoms with Gasteiger partial charge in [-0.05, 0) is 6.92 Å². The summed E-state index contributed by atoms with van der Waals surface area (Å²) in [5, 5.41) is 4.57. The smallest absolute Gasteiger partial charge is 0.216 e. The predicted octanol–water partition coefficient (Wildman–Crippen LogP) is -1.20. The zero-order valence-electron chi connectivity index (χ0n) is 5.01. The van der Waals surface area contributed by atoms with Crippen molar-refractivity contribution < 1.29 is 8.42 Å². The highest BCUT2D eigenvalue weighted by molar-refractivity contribution is 7.87. The van der Waals surface area contributed by atoms with Crippen molar-refractivity contribution in [1.29, 1.82) is 0 Å². The second-order valence-corrected chi connectivity index (χ2v) is 2.67. The van der Waals surface area contributed by atoms with Gasteiger partial charge in [0.1, 0.15) is 0 Å². The Morgan fingerprint density at radius 1 is 1.67 bits per heavy atom. The number of hydrogen-bond donors (Lipinski definition) is 2. The highest BCUT2D eigenvalue weighted by Crippen LogP contribution is 1.63. The normalized spacial score (nSPS) is 10.0. The molecule has 0 rings (SSSR count). The lowest BCUT2D eigenvalue weighted by molar-refractivity contribution is 0.588. The van der Waals surface area contributed by atoms with E-state index in [9.17, 15) is 8.42 Å². The summed E-state index contributed by atoms with van der Waals surface area (Å²) in [6.07, 6.45) is 0. The highest BCUT2D eigenvalue weighted by Gasteiger charge is 1.94. The average molecular weight is 148 g/mol. The Bertz CT molecular complexity index is 221. The van der Waals surface area contributed by atoms with Crippen LogP contribution in [0.25, 0.3) is 0 Å². The molecule has 9 heavy (non-hydrogen) atoms. The van der Waals surface area contributed by atoms with Crippen molar-refractivity contribution in [3.8, 4) is 11.8 Å². The van der Waals surface area contributed by atoms with Gasteiger partial charge in [-0.2, -0.15) is 13.1 Å². The fourth-order valence-electron chi connectivity index (χ4n) is 0.225. The monoisotopic (exact) mass is 148 g/mol. The van der Waals surface area contributed by atoms with Crippen LogP contribution in [0.3, 0.4) is 0 Å². The molecule has 0 unspecified atom stereocenters. The van der Waals surface area contributed by atoms with Crippen LogP contribution in [-0.2, 0) is 10.2 Å². The first kappa shape index (κ1) is 8.43. The van der Waals surface area contributed by atoms with E-state index in [0.29, 0.717) is 0 Å². The third-order valence-electron chi connectivity index (χ3n) is 0.539. The Morgan fingerprint density at radius 3 is 2.56 bits per heavy atom. The molecule has 0 aromatic carbocycles. The van der Waals surface area contributed by atoms with Crippen LogP contribution < -0.4 is 9.86 Å². The minimum Gasteiger partial charge on any atom is -0.216 e. The Morgan fingerprint density at radius 2 is 2.22 bits per heavy atom. The molecule has 0 saturated carbocycles. The van der Waals surface area contributed by atoms with Crippen molar-refractivity contribution in [2.75, 3.05) is 6.54 Å². The molecular formula is C4H8N2O2S. The van der Waals surface area contributed by atoms with Crippen LogP contribution in [-0.4, -0.2) is 15.0 Å². The van der Waals surface area contributed by atoms with Crippen LogP contribution in [0.5, 0.6) is 0 Å². The molecule has 0 fully saturated rings. The van der Waals surface area contributed by atoms with E-state index in [1.165, 1.54) is 0 Å². The van der Waals surface area contributed by atoms with Crippen LogP contribution in [0.1, 0.15) is 6.92 Å². The molecule has 0 aromatic heterocycles. The van der Waals surface area contributed by atoms with Gasteiger partial charge in [-0.1, -0.05) is 5.92 Å². The van der Waals surface area contributed by atoms with E-state index in [2.05, 4.69) is 17.0 Å². The SMILES string of the molecule is CC#CCNS(N)(=O)=O. The Labute approximate surface area is 54.6 Å². The summed E-state index contributed by atoms with van der Waals surface area (Å²) in [6.45, 7) is 1.69. The van der Waals surface area contributed by atoms with E-state index in [1.54, 1.807) is 6.92 Å². The highest BCUT2D eigenvalue weighted by atomic mass is 32.2. The van der Waals surface area contributed by atoms with Gasteiger partial charge < -0.3 is 0 Å². The quantitative estimate of drug-likeness (QED) is 0.483. The first-order valence-electron chi connectivity index (χ1n) is 2.23. The van der Waals surface area contributed by atoms with Crippen LogP contribution in [0, 0.1) is 11.8 Å². The second-order valence-electron chi connectivity index (χ2n) is 1.29. The molecule has 0 amide bonds. The number of nitrogens with two attached hydrogens (primary N) is 1. The van der Waals surface area contributed by atoms with E-state index >= 15 is 0 Å². The Kier molecular flexibility index (Phi) is 3.24. The van der Waals surface area contributed by atoms with Gasteiger partial charge in [0.15, 0.2) is 0 Å². The third kappa shape index (κ3) is 7.43. The Hall–Kier alpha value is -0.570. The first-order valence-corrected chi connectivity index (χ1v) is 3.78. The third-order valence-corrected chi connectivity index (χ3v) is 1.09. The van der Waals surface area contributed by atoms with E-state index in [-0.39, 0.29) is 6.54 Å². The summed E-state index contributed by atoms with van der Waals surface area (Å²) >= 11 is 0.